The van der Waals surface area contributed by atoms with E-state index in [-0.39, 0.29) is 23.8 Å². The molecule has 0 unspecified atom stereocenters. The average molecular weight is 297 g/mol. The quantitative estimate of drug-likeness (QED) is 0.877. The molecule has 2 amide bonds. The maximum absolute atomic E-state index is 12.2. The summed E-state index contributed by atoms with van der Waals surface area (Å²) in [6.07, 6.45) is 0. The number of benzene rings is 1. The molecule has 1 aromatic rings. The minimum Gasteiger partial charge on any atom is -0.348 e. The van der Waals surface area contributed by atoms with Crippen LogP contribution in [-0.4, -0.2) is 17.9 Å². The Balaban J connectivity index is 2.72. The van der Waals surface area contributed by atoms with Crippen molar-refractivity contribution in [1.82, 2.24) is 10.6 Å². The fraction of sp³-hybridized carbons (Fsp3) is 0.467. The maximum atomic E-state index is 12.2. The standard InChI is InChI=1S/C15H21ClN2O2/c1-9(2)14(18-11(4)19)15(20)17-10(3)12-5-7-13(16)8-6-12/h5-10,14H,1-4H3,(H,17,20)(H,18,19)/t10-,14+/m1/s1. The molecule has 1 aromatic carbocycles. The highest BCUT2D eigenvalue weighted by Crippen LogP contribution is 2.16. The van der Waals surface area contributed by atoms with E-state index in [1.54, 1.807) is 12.1 Å². The van der Waals surface area contributed by atoms with E-state index in [2.05, 4.69) is 10.6 Å². The van der Waals surface area contributed by atoms with E-state index >= 15 is 0 Å². The second kappa shape index (κ2) is 7.29. The molecule has 0 heterocycles. The summed E-state index contributed by atoms with van der Waals surface area (Å²) in [6.45, 7) is 7.10. The fourth-order valence-corrected chi connectivity index (χ4v) is 2.02. The van der Waals surface area contributed by atoms with Gasteiger partial charge in [0.2, 0.25) is 11.8 Å². The fourth-order valence-electron chi connectivity index (χ4n) is 1.89. The van der Waals surface area contributed by atoms with Gasteiger partial charge < -0.3 is 10.6 Å². The smallest absolute Gasteiger partial charge is 0.243 e. The number of rotatable bonds is 5. The zero-order chi connectivity index (χ0) is 15.3. The molecule has 0 aromatic heterocycles. The molecule has 0 radical (unpaired) electrons. The molecular formula is C15H21ClN2O2. The summed E-state index contributed by atoms with van der Waals surface area (Å²) in [5.74, 6) is -0.369. The minimum absolute atomic E-state index is 0.0244. The highest BCUT2D eigenvalue weighted by atomic mass is 35.5. The summed E-state index contributed by atoms with van der Waals surface area (Å²) in [5.41, 5.74) is 0.966. The lowest BCUT2D eigenvalue weighted by Crippen LogP contribution is -2.49. The van der Waals surface area contributed by atoms with E-state index < -0.39 is 6.04 Å². The summed E-state index contributed by atoms with van der Waals surface area (Å²) in [7, 11) is 0. The molecule has 0 fully saturated rings. The SMILES string of the molecule is CC(=O)N[C@H](C(=O)N[C@H](C)c1ccc(Cl)cc1)C(C)C. The van der Waals surface area contributed by atoms with E-state index in [0.29, 0.717) is 5.02 Å². The van der Waals surface area contributed by atoms with Crippen molar-refractivity contribution < 1.29 is 9.59 Å². The van der Waals surface area contributed by atoms with Gasteiger partial charge >= 0.3 is 0 Å². The Hall–Kier alpha value is -1.55. The third-order valence-electron chi connectivity index (χ3n) is 3.04. The van der Waals surface area contributed by atoms with Crippen molar-refractivity contribution >= 4 is 23.4 Å². The van der Waals surface area contributed by atoms with Gasteiger partial charge in [-0.15, -0.1) is 0 Å². The van der Waals surface area contributed by atoms with Crippen molar-refractivity contribution in [3.63, 3.8) is 0 Å². The molecule has 0 bridgehead atoms. The highest BCUT2D eigenvalue weighted by molar-refractivity contribution is 6.30. The van der Waals surface area contributed by atoms with Gasteiger partial charge in [-0.25, -0.2) is 0 Å². The number of amides is 2. The summed E-state index contributed by atoms with van der Waals surface area (Å²) >= 11 is 5.84. The Morgan fingerprint density at radius 3 is 2.05 bits per heavy atom. The van der Waals surface area contributed by atoms with E-state index in [0.717, 1.165) is 5.56 Å². The predicted octanol–water partition coefficient (Wildman–Crippen LogP) is 2.68. The van der Waals surface area contributed by atoms with Crippen molar-refractivity contribution in [3.05, 3.63) is 34.9 Å². The van der Waals surface area contributed by atoms with Gasteiger partial charge in [0.25, 0.3) is 0 Å². The third kappa shape index (κ3) is 4.85. The van der Waals surface area contributed by atoms with Crippen LogP contribution in [0.1, 0.15) is 39.3 Å². The number of nitrogens with one attached hydrogen (secondary N) is 2. The lowest BCUT2D eigenvalue weighted by molar-refractivity contribution is -0.129. The topological polar surface area (TPSA) is 58.2 Å². The van der Waals surface area contributed by atoms with Gasteiger partial charge in [0, 0.05) is 11.9 Å². The summed E-state index contributed by atoms with van der Waals surface area (Å²) in [5, 5.41) is 6.24. The number of carbonyl (C=O) groups is 2. The van der Waals surface area contributed by atoms with Gasteiger partial charge in [-0.05, 0) is 30.5 Å². The maximum Gasteiger partial charge on any atom is 0.243 e. The first kappa shape index (κ1) is 16.5. The molecule has 0 saturated carbocycles. The molecule has 0 spiro atoms. The number of hydrogen-bond acceptors (Lipinski definition) is 2. The Morgan fingerprint density at radius 2 is 1.60 bits per heavy atom. The van der Waals surface area contributed by atoms with Crippen molar-refractivity contribution in [2.75, 3.05) is 0 Å². The van der Waals surface area contributed by atoms with Crippen LogP contribution >= 0.6 is 11.6 Å². The van der Waals surface area contributed by atoms with Crippen LogP contribution in [-0.2, 0) is 9.59 Å². The first-order valence-electron chi connectivity index (χ1n) is 6.64. The molecule has 0 aliphatic rings. The van der Waals surface area contributed by atoms with E-state index in [9.17, 15) is 9.59 Å². The molecule has 0 saturated heterocycles. The van der Waals surface area contributed by atoms with Crippen LogP contribution in [0, 0.1) is 5.92 Å². The van der Waals surface area contributed by atoms with Crippen LogP contribution in [0.4, 0.5) is 0 Å². The largest absolute Gasteiger partial charge is 0.348 e. The van der Waals surface area contributed by atoms with E-state index in [1.807, 2.05) is 32.9 Å². The second-order valence-corrected chi connectivity index (χ2v) is 5.64. The van der Waals surface area contributed by atoms with Crippen LogP contribution in [0.15, 0.2) is 24.3 Å². The molecule has 20 heavy (non-hydrogen) atoms. The average Bonchev–Trinajstić information content (AvgIpc) is 2.35. The number of halogens is 1. The van der Waals surface area contributed by atoms with Gasteiger partial charge in [0.15, 0.2) is 0 Å². The molecule has 1 rings (SSSR count). The number of hydrogen-bond donors (Lipinski definition) is 2. The molecule has 2 atom stereocenters. The molecule has 2 N–H and O–H groups in total. The lowest BCUT2D eigenvalue weighted by atomic mass is 10.0. The summed E-state index contributed by atoms with van der Waals surface area (Å²) < 4.78 is 0. The van der Waals surface area contributed by atoms with Gasteiger partial charge in [-0.1, -0.05) is 37.6 Å². The molecule has 4 nitrogen and oxygen atoms in total. The Morgan fingerprint density at radius 1 is 1.05 bits per heavy atom. The van der Waals surface area contributed by atoms with Crippen LogP contribution in [0.3, 0.4) is 0 Å². The van der Waals surface area contributed by atoms with Crippen molar-refractivity contribution in [3.8, 4) is 0 Å². The molecular weight excluding hydrogens is 276 g/mol. The zero-order valence-corrected chi connectivity index (χ0v) is 13.0. The minimum atomic E-state index is -0.526. The first-order valence-corrected chi connectivity index (χ1v) is 7.02. The molecule has 0 aliphatic carbocycles. The third-order valence-corrected chi connectivity index (χ3v) is 3.29. The number of carbonyl (C=O) groups excluding carboxylic acids is 2. The zero-order valence-electron chi connectivity index (χ0n) is 12.2. The van der Waals surface area contributed by atoms with Crippen molar-refractivity contribution in [2.24, 2.45) is 5.92 Å². The van der Waals surface area contributed by atoms with E-state index in [1.165, 1.54) is 6.92 Å². The van der Waals surface area contributed by atoms with Crippen LogP contribution in [0.2, 0.25) is 5.02 Å². The first-order chi connectivity index (χ1) is 9.31. The van der Waals surface area contributed by atoms with Gasteiger partial charge in [-0.3, -0.25) is 9.59 Å². The summed E-state index contributed by atoms with van der Waals surface area (Å²) in [6, 6.07) is 6.64. The van der Waals surface area contributed by atoms with E-state index in [4.69, 9.17) is 11.6 Å². The van der Waals surface area contributed by atoms with Crippen LogP contribution < -0.4 is 10.6 Å². The Bertz CT molecular complexity index is 471. The molecule has 5 heteroatoms. The monoisotopic (exact) mass is 296 g/mol. The predicted molar refractivity (Wildman–Crippen MR) is 80.5 cm³/mol. The van der Waals surface area contributed by atoms with Gasteiger partial charge in [0.1, 0.15) is 6.04 Å². The van der Waals surface area contributed by atoms with Crippen molar-refractivity contribution in [1.29, 1.82) is 0 Å². The lowest BCUT2D eigenvalue weighted by Gasteiger charge is -2.23. The molecule has 110 valence electrons. The Kier molecular flexibility index (Phi) is 6.02. The van der Waals surface area contributed by atoms with Crippen molar-refractivity contribution in [2.45, 2.75) is 39.8 Å². The second-order valence-electron chi connectivity index (χ2n) is 5.20. The Labute approximate surface area is 124 Å². The molecule has 0 aliphatic heterocycles. The van der Waals surface area contributed by atoms with Crippen LogP contribution in [0.5, 0.6) is 0 Å². The van der Waals surface area contributed by atoms with Gasteiger partial charge in [0.05, 0.1) is 6.04 Å². The normalized spacial score (nSPS) is 13.7. The van der Waals surface area contributed by atoms with Crippen LogP contribution in [0.25, 0.3) is 0 Å². The highest BCUT2D eigenvalue weighted by Gasteiger charge is 2.24. The summed E-state index contributed by atoms with van der Waals surface area (Å²) in [4.78, 5) is 23.4. The van der Waals surface area contributed by atoms with Gasteiger partial charge in [-0.2, -0.15) is 0 Å².